The molecular formula is C12H29NO6S. The first kappa shape index (κ1) is 24.3. The molecule has 0 heterocycles. The Morgan fingerprint density at radius 2 is 1.40 bits per heavy atom. The van der Waals surface area contributed by atoms with E-state index in [1.807, 2.05) is 13.8 Å². The van der Waals surface area contributed by atoms with Gasteiger partial charge < -0.3 is 10.5 Å². The summed E-state index contributed by atoms with van der Waals surface area (Å²) in [7, 11) is -4.67. The number of rotatable bonds is 8. The van der Waals surface area contributed by atoms with Crippen molar-refractivity contribution in [3.05, 3.63) is 0 Å². The number of ether oxygens (including phenoxy) is 1. The first-order valence-electron chi connectivity index (χ1n) is 6.74. The summed E-state index contributed by atoms with van der Waals surface area (Å²) in [6.45, 7) is 7.84. The second kappa shape index (κ2) is 18.3. The van der Waals surface area contributed by atoms with Crippen LogP contribution in [0.4, 0.5) is 0 Å². The van der Waals surface area contributed by atoms with E-state index in [-0.39, 0.29) is 5.91 Å². The van der Waals surface area contributed by atoms with Crippen LogP contribution >= 0.6 is 0 Å². The predicted octanol–water partition coefficient (Wildman–Crippen LogP) is 2.22. The summed E-state index contributed by atoms with van der Waals surface area (Å²) in [5.41, 5.74) is 4.97. The molecule has 7 nitrogen and oxygen atoms in total. The van der Waals surface area contributed by atoms with Crippen LogP contribution in [-0.4, -0.2) is 36.6 Å². The minimum absolute atomic E-state index is 0.170. The van der Waals surface area contributed by atoms with Gasteiger partial charge in [0.05, 0.1) is 0 Å². The van der Waals surface area contributed by atoms with Crippen molar-refractivity contribution in [2.24, 2.45) is 5.73 Å². The Balaban J connectivity index is -0.000000244. The highest BCUT2D eigenvalue weighted by molar-refractivity contribution is 7.79. The minimum atomic E-state index is -4.67. The molecule has 0 aromatic heterocycles. The first-order chi connectivity index (χ1) is 9.18. The van der Waals surface area contributed by atoms with Crippen molar-refractivity contribution in [3.8, 4) is 0 Å². The second-order valence-corrected chi connectivity index (χ2v) is 4.76. The molecule has 0 fully saturated rings. The van der Waals surface area contributed by atoms with Crippen LogP contribution in [0.5, 0.6) is 0 Å². The summed E-state index contributed by atoms with van der Waals surface area (Å²) < 4.78 is 36.4. The first-order valence-corrected chi connectivity index (χ1v) is 8.14. The van der Waals surface area contributed by atoms with Gasteiger partial charge in [-0.1, -0.05) is 32.6 Å². The molecule has 0 unspecified atom stereocenters. The van der Waals surface area contributed by atoms with Crippen LogP contribution in [-0.2, 0) is 19.9 Å². The number of nitrogens with two attached hydrogens (primary N) is 1. The van der Waals surface area contributed by atoms with Crippen molar-refractivity contribution in [2.75, 3.05) is 13.2 Å². The smallest absolute Gasteiger partial charge is 0.382 e. The highest BCUT2D eigenvalue weighted by Crippen LogP contribution is 2.03. The van der Waals surface area contributed by atoms with Crippen molar-refractivity contribution in [1.82, 2.24) is 0 Å². The third kappa shape index (κ3) is 66.7. The molecule has 0 bridgehead atoms. The zero-order valence-electron chi connectivity index (χ0n) is 12.7. The van der Waals surface area contributed by atoms with Gasteiger partial charge in [-0.15, -0.1) is 0 Å². The van der Waals surface area contributed by atoms with Crippen LogP contribution in [0.25, 0.3) is 0 Å². The van der Waals surface area contributed by atoms with E-state index in [1.165, 1.54) is 19.3 Å². The van der Waals surface area contributed by atoms with Crippen LogP contribution in [0.1, 0.15) is 59.3 Å². The highest BCUT2D eigenvalue weighted by Gasteiger charge is 1.92. The van der Waals surface area contributed by atoms with E-state index in [9.17, 15) is 4.79 Å². The lowest BCUT2D eigenvalue weighted by atomic mass is 10.1. The third-order valence-electron chi connectivity index (χ3n) is 1.93. The third-order valence-corrected chi connectivity index (χ3v) is 1.93. The molecule has 0 saturated heterocycles. The van der Waals surface area contributed by atoms with Crippen LogP contribution in [0.3, 0.4) is 0 Å². The molecule has 0 saturated carbocycles. The van der Waals surface area contributed by atoms with Gasteiger partial charge >= 0.3 is 10.4 Å². The van der Waals surface area contributed by atoms with Gasteiger partial charge in [-0.25, -0.2) is 0 Å². The molecule has 0 aromatic carbocycles. The molecule has 20 heavy (non-hydrogen) atoms. The molecule has 0 aliphatic rings. The number of carbonyl (C=O) groups is 1. The maximum Gasteiger partial charge on any atom is 0.394 e. The van der Waals surface area contributed by atoms with E-state index in [0.29, 0.717) is 6.42 Å². The Hall–Kier alpha value is -0.700. The quantitative estimate of drug-likeness (QED) is 0.465. The zero-order valence-corrected chi connectivity index (χ0v) is 13.5. The Labute approximate surface area is 122 Å². The molecule has 0 aromatic rings. The molecular weight excluding hydrogens is 286 g/mol. The lowest BCUT2D eigenvalue weighted by molar-refractivity contribution is -0.118. The maximum atomic E-state index is 10.3. The maximum absolute atomic E-state index is 10.3. The van der Waals surface area contributed by atoms with Crippen molar-refractivity contribution < 1.29 is 27.1 Å². The van der Waals surface area contributed by atoms with Gasteiger partial charge in [0.2, 0.25) is 5.91 Å². The van der Waals surface area contributed by atoms with Gasteiger partial charge in [0.25, 0.3) is 0 Å². The number of primary amides is 1. The van der Waals surface area contributed by atoms with E-state index >= 15 is 0 Å². The van der Waals surface area contributed by atoms with E-state index in [0.717, 1.165) is 26.1 Å². The summed E-state index contributed by atoms with van der Waals surface area (Å²) in [5, 5.41) is 0. The monoisotopic (exact) mass is 315 g/mol. The van der Waals surface area contributed by atoms with Crippen molar-refractivity contribution in [2.45, 2.75) is 59.3 Å². The lowest BCUT2D eigenvalue weighted by Gasteiger charge is -1.95. The topological polar surface area (TPSA) is 127 Å². The van der Waals surface area contributed by atoms with E-state index in [2.05, 4.69) is 6.92 Å². The minimum Gasteiger partial charge on any atom is -0.382 e. The molecule has 124 valence electrons. The van der Waals surface area contributed by atoms with Crippen LogP contribution in [0.2, 0.25) is 0 Å². The van der Waals surface area contributed by atoms with E-state index < -0.39 is 10.4 Å². The van der Waals surface area contributed by atoms with Crippen LogP contribution < -0.4 is 5.73 Å². The van der Waals surface area contributed by atoms with Crippen molar-refractivity contribution >= 4 is 16.3 Å². The summed E-state index contributed by atoms with van der Waals surface area (Å²) in [6, 6.07) is 0. The van der Waals surface area contributed by atoms with Crippen molar-refractivity contribution in [1.29, 1.82) is 0 Å². The average Bonchev–Trinajstić information content (AvgIpc) is 2.28. The fraction of sp³-hybridized carbons (Fsp3) is 0.917. The Morgan fingerprint density at radius 3 is 1.65 bits per heavy atom. The van der Waals surface area contributed by atoms with Crippen LogP contribution in [0.15, 0.2) is 0 Å². The van der Waals surface area contributed by atoms with Crippen LogP contribution in [0, 0.1) is 0 Å². The van der Waals surface area contributed by atoms with E-state index in [4.69, 9.17) is 28.0 Å². The summed E-state index contributed by atoms with van der Waals surface area (Å²) in [4.78, 5) is 10.3. The van der Waals surface area contributed by atoms with Gasteiger partial charge in [-0.3, -0.25) is 13.9 Å². The van der Waals surface area contributed by atoms with E-state index in [1.54, 1.807) is 0 Å². The van der Waals surface area contributed by atoms with Crippen molar-refractivity contribution in [3.63, 3.8) is 0 Å². The zero-order chi connectivity index (χ0) is 16.4. The van der Waals surface area contributed by atoms with Gasteiger partial charge in [0.15, 0.2) is 0 Å². The molecule has 0 aliphatic heterocycles. The molecule has 0 atom stereocenters. The SMILES string of the molecule is CCCCCCCC(N)=O.CCOCC.O=S(=O)(O)O. The van der Waals surface area contributed by atoms with Gasteiger partial charge in [-0.2, -0.15) is 8.42 Å². The fourth-order valence-corrected chi connectivity index (χ4v) is 1.11. The van der Waals surface area contributed by atoms with Gasteiger partial charge in [0.1, 0.15) is 0 Å². The number of carbonyl (C=O) groups excluding carboxylic acids is 1. The summed E-state index contributed by atoms with van der Waals surface area (Å²) in [5.74, 6) is -0.170. The standard InChI is InChI=1S/C8H17NO.C4H10O.H2O4S/c1-2-3-4-5-6-7-8(9)10;1-3-5-4-2;1-5(2,3)4/h2-7H2,1H3,(H2,9,10);3-4H2,1-2H3;(H2,1,2,3,4). The lowest BCUT2D eigenvalue weighted by Crippen LogP contribution is -2.09. The predicted molar refractivity (Wildman–Crippen MR) is 78.9 cm³/mol. The molecule has 0 aliphatic carbocycles. The number of hydrogen-bond donors (Lipinski definition) is 3. The Kier molecular flexibility index (Phi) is 22.3. The Bertz CT molecular complexity index is 282. The second-order valence-electron chi connectivity index (χ2n) is 3.86. The number of unbranched alkanes of at least 4 members (excludes halogenated alkanes) is 4. The fourth-order valence-electron chi connectivity index (χ4n) is 1.11. The molecule has 8 heteroatoms. The molecule has 4 N–H and O–H groups in total. The molecule has 0 rings (SSSR count). The largest absolute Gasteiger partial charge is 0.394 e. The summed E-state index contributed by atoms with van der Waals surface area (Å²) in [6.07, 6.45) is 6.44. The average molecular weight is 315 g/mol. The Morgan fingerprint density at radius 1 is 1.00 bits per heavy atom. The molecule has 0 spiro atoms. The van der Waals surface area contributed by atoms with Gasteiger partial charge in [-0.05, 0) is 20.3 Å². The molecule has 1 amide bonds. The van der Waals surface area contributed by atoms with Gasteiger partial charge in [0, 0.05) is 19.6 Å². The molecule has 0 radical (unpaired) electrons. The summed E-state index contributed by atoms with van der Waals surface area (Å²) >= 11 is 0. The number of hydrogen-bond acceptors (Lipinski definition) is 4. The normalized spacial score (nSPS) is 9.85. The number of amides is 1. The highest BCUT2D eigenvalue weighted by atomic mass is 32.3.